The number of carbonyl (C=O) groups excluding carboxylic acids is 1. The Morgan fingerprint density at radius 2 is 1.91 bits per heavy atom. The lowest BCUT2D eigenvalue weighted by molar-refractivity contribution is -0.117. The Hall–Kier alpha value is -1.39. The molecule has 22 heavy (non-hydrogen) atoms. The largest absolute Gasteiger partial charge is 0.324 e. The minimum absolute atomic E-state index is 0.113. The summed E-state index contributed by atoms with van der Waals surface area (Å²) < 4.78 is 0. The van der Waals surface area contributed by atoms with Gasteiger partial charge in [0, 0.05) is 31.4 Å². The summed E-state index contributed by atoms with van der Waals surface area (Å²) in [6.07, 6.45) is 2.60. The number of aryl methyl sites for hydroxylation is 3. The molecule has 2 saturated heterocycles. The van der Waals surface area contributed by atoms with E-state index < -0.39 is 0 Å². The standard InChI is InChI=1S/C18H27N3O/c1-13-9-14(2)18(15(3)10-13)19-17(22)12-20-7-8-21-6-4-5-16(21)11-20/h9-10,16H,4-8,11-12H2,1-3H3,(H,19,22)/t16-/m0/s1. The number of hydrogen-bond donors (Lipinski definition) is 1. The molecule has 0 aromatic heterocycles. The number of fused-ring (bicyclic) bond motifs is 1. The van der Waals surface area contributed by atoms with Crippen LogP contribution in [0.2, 0.25) is 0 Å². The lowest BCUT2D eigenvalue weighted by Gasteiger charge is -2.37. The predicted octanol–water partition coefficient (Wildman–Crippen LogP) is 2.33. The first-order valence-electron chi connectivity index (χ1n) is 8.37. The first kappa shape index (κ1) is 15.5. The van der Waals surface area contributed by atoms with Crippen molar-refractivity contribution >= 4 is 11.6 Å². The minimum Gasteiger partial charge on any atom is -0.324 e. The molecule has 0 radical (unpaired) electrons. The van der Waals surface area contributed by atoms with Gasteiger partial charge in [-0.25, -0.2) is 0 Å². The molecule has 0 unspecified atom stereocenters. The van der Waals surface area contributed by atoms with Gasteiger partial charge in [-0.1, -0.05) is 17.7 Å². The van der Waals surface area contributed by atoms with E-state index in [0.29, 0.717) is 12.6 Å². The molecule has 1 aromatic carbocycles. The van der Waals surface area contributed by atoms with Gasteiger partial charge in [-0.3, -0.25) is 14.6 Å². The number of carbonyl (C=O) groups is 1. The SMILES string of the molecule is Cc1cc(C)c(NC(=O)CN2CCN3CCC[C@H]3C2)c(C)c1. The van der Waals surface area contributed by atoms with Crippen molar-refractivity contribution in [3.63, 3.8) is 0 Å². The molecular weight excluding hydrogens is 274 g/mol. The van der Waals surface area contributed by atoms with E-state index in [2.05, 4.69) is 48.0 Å². The van der Waals surface area contributed by atoms with E-state index in [9.17, 15) is 4.79 Å². The predicted molar refractivity (Wildman–Crippen MR) is 90.3 cm³/mol. The fourth-order valence-electron chi connectivity index (χ4n) is 3.96. The van der Waals surface area contributed by atoms with Crippen LogP contribution in [0.1, 0.15) is 29.5 Å². The van der Waals surface area contributed by atoms with Crippen molar-refractivity contribution in [3.8, 4) is 0 Å². The maximum absolute atomic E-state index is 12.4. The number of nitrogens with one attached hydrogen (secondary N) is 1. The van der Waals surface area contributed by atoms with Crippen LogP contribution in [-0.4, -0.2) is 54.5 Å². The van der Waals surface area contributed by atoms with E-state index in [0.717, 1.165) is 36.4 Å². The number of anilines is 1. The average molecular weight is 301 g/mol. The summed E-state index contributed by atoms with van der Waals surface area (Å²) in [5.41, 5.74) is 4.51. The number of nitrogens with zero attached hydrogens (tertiary/aromatic N) is 2. The summed E-state index contributed by atoms with van der Waals surface area (Å²) in [4.78, 5) is 17.3. The van der Waals surface area contributed by atoms with Gasteiger partial charge in [0.1, 0.15) is 0 Å². The molecule has 3 rings (SSSR count). The summed E-state index contributed by atoms with van der Waals surface area (Å²) in [5, 5.41) is 3.12. The van der Waals surface area contributed by atoms with Crippen LogP contribution in [0.5, 0.6) is 0 Å². The second-order valence-electron chi connectivity index (χ2n) is 6.89. The highest BCUT2D eigenvalue weighted by molar-refractivity contribution is 5.93. The minimum atomic E-state index is 0.113. The molecule has 2 aliphatic rings. The van der Waals surface area contributed by atoms with Crippen molar-refractivity contribution in [3.05, 3.63) is 28.8 Å². The molecule has 120 valence electrons. The molecule has 1 N–H and O–H groups in total. The molecule has 0 saturated carbocycles. The van der Waals surface area contributed by atoms with Crippen LogP contribution in [0.25, 0.3) is 0 Å². The van der Waals surface area contributed by atoms with Gasteiger partial charge in [-0.05, 0) is 51.3 Å². The Morgan fingerprint density at radius 1 is 1.18 bits per heavy atom. The second-order valence-corrected chi connectivity index (χ2v) is 6.89. The van der Waals surface area contributed by atoms with E-state index in [1.54, 1.807) is 0 Å². The third-order valence-electron chi connectivity index (χ3n) is 4.98. The number of piperazine rings is 1. The average Bonchev–Trinajstić information content (AvgIpc) is 2.90. The van der Waals surface area contributed by atoms with Crippen molar-refractivity contribution in [2.45, 2.75) is 39.7 Å². The van der Waals surface area contributed by atoms with Crippen LogP contribution in [0.15, 0.2) is 12.1 Å². The summed E-state index contributed by atoms with van der Waals surface area (Å²) in [6.45, 7) is 11.1. The third-order valence-corrected chi connectivity index (χ3v) is 4.98. The number of amides is 1. The molecule has 1 atom stereocenters. The highest BCUT2D eigenvalue weighted by atomic mass is 16.2. The molecule has 1 amide bonds. The van der Waals surface area contributed by atoms with Gasteiger partial charge < -0.3 is 5.32 Å². The molecule has 2 fully saturated rings. The Labute approximate surface area is 133 Å². The van der Waals surface area contributed by atoms with Crippen LogP contribution in [0, 0.1) is 20.8 Å². The van der Waals surface area contributed by atoms with E-state index in [1.807, 2.05) is 0 Å². The molecule has 0 bridgehead atoms. The molecule has 1 aromatic rings. The van der Waals surface area contributed by atoms with Crippen LogP contribution in [0.4, 0.5) is 5.69 Å². The van der Waals surface area contributed by atoms with Crippen molar-refractivity contribution in [2.75, 3.05) is 38.0 Å². The highest BCUT2D eigenvalue weighted by Gasteiger charge is 2.31. The fraction of sp³-hybridized carbons (Fsp3) is 0.611. The van der Waals surface area contributed by atoms with Crippen molar-refractivity contribution < 1.29 is 4.79 Å². The van der Waals surface area contributed by atoms with E-state index in [1.165, 1.54) is 24.9 Å². The normalized spacial score (nSPS) is 22.6. The zero-order chi connectivity index (χ0) is 15.7. The summed E-state index contributed by atoms with van der Waals surface area (Å²) >= 11 is 0. The second kappa shape index (κ2) is 6.39. The molecule has 2 heterocycles. The Kier molecular flexibility index (Phi) is 4.50. The third kappa shape index (κ3) is 3.33. The lowest BCUT2D eigenvalue weighted by atomic mass is 10.1. The first-order chi connectivity index (χ1) is 10.5. The van der Waals surface area contributed by atoms with Crippen LogP contribution in [0.3, 0.4) is 0 Å². The van der Waals surface area contributed by atoms with E-state index in [-0.39, 0.29) is 5.91 Å². The number of hydrogen-bond acceptors (Lipinski definition) is 3. The van der Waals surface area contributed by atoms with Crippen molar-refractivity contribution in [1.29, 1.82) is 0 Å². The van der Waals surface area contributed by atoms with Gasteiger partial charge in [0.25, 0.3) is 0 Å². The monoisotopic (exact) mass is 301 g/mol. The fourth-order valence-corrected chi connectivity index (χ4v) is 3.96. The van der Waals surface area contributed by atoms with Gasteiger partial charge in [0.15, 0.2) is 0 Å². The highest BCUT2D eigenvalue weighted by Crippen LogP contribution is 2.23. The molecule has 2 aliphatic heterocycles. The summed E-state index contributed by atoms with van der Waals surface area (Å²) in [6, 6.07) is 4.92. The first-order valence-corrected chi connectivity index (χ1v) is 8.37. The van der Waals surface area contributed by atoms with Crippen LogP contribution >= 0.6 is 0 Å². The lowest BCUT2D eigenvalue weighted by Crippen LogP contribution is -2.51. The Bertz CT molecular complexity index is 546. The van der Waals surface area contributed by atoms with Gasteiger partial charge in [0.2, 0.25) is 5.91 Å². The summed E-state index contributed by atoms with van der Waals surface area (Å²) in [7, 11) is 0. The maximum atomic E-state index is 12.4. The van der Waals surface area contributed by atoms with E-state index in [4.69, 9.17) is 0 Å². The van der Waals surface area contributed by atoms with Gasteiger partial charge in [0.05, 0.1) is 6.54 Å². The zero-order valence-electron chi connectivity index (χ0n) is 14.0. The van der Waals surface area contributed by atoms with Gasteiger partial charge in [-0.15, -0.1) is 0 Å². The topological polar surface area (TPSA) is 35.6 Å². The van der Waals surface area contributed by atoms with Gasteiger partial charge >= 0.3 is 0 Å². The molecule has 4 nitrogen and oxygen atoms in total. The van der Waals surface area contributed by atoms with Crippen molar-refractivity contribution in [1.82, 2.24) is 9.80 Å². The number of rotatable bonds is 3. The molecule has 0 spiro atoms. The molecule has 0 aliphatic carbocycles. The quantitative estimate of drug-likeness (QED) is 0.931. The van der Waals surface area contributed by atoms with Gasteiger partial charge in [-0.2, -0.15) is 0 Å². The smallest absolute Gasteiger partial charge is 0.238 e. The zero-order valence-corrected chi connectivity index (χ0v) is 14.0. The van der Waals surface area contributed by atoms with Crippen molar-refractivity contribution in [2.24, 2.45) is 0 Å². The number of benzene rings is 1. The Balaban J connectivity index is 1.59. The maximum Gasteiger partial charge on any atom is 0.238 e. The van der Waals surface area contributed by atoms with Crippen LogP contribution in [-0.2, 0) is 4.79 Å². The molecule has 4 heteroatoms. The summed E-state index contributed by atoms with van der Waals surface area (Å²) in [5.74, 6) is 0.113. The van der Waals surface area contributed by atoms with Crippen LogP contribution < -0.4 is 5.32 Å². The molecular formula is C18H27N3O. The Morgan fingerprint density at radius 3 is 2.64 bits per heavy atom. The van der Waals surface area contributed by atoms with E-state index >= 15 is 0 Å².